The second-order valence-corrected chi connectivity index (χ2v) is 12.1. The quantitative estimate of drug-likeness (QED) is 0.251. The molecule has 0 unspecified atom stereocenters. The summed E-state index contributed by atoms with van der Waals surface area (Å²) in [5, 5.41) is 2.80. The first-order valence-corrected chi connectivity index (χ1v) is 12.4. The maximum Gasteiger partial charge on any atom is 0.305 e. The molecule has 114 valence electrons. The van der Waals surface area contributed by atoms with E-state index < -0.39 is 6.69 Å². The molecule has 1 aliphatic rings. The summed E-state index contributed by atoms with van der Waals surface area (Å²) in [6.45, 7) is 7.43. The smallest absolute Gasteiger partial charge is 0.134 e. The van der Waals surface area contributed by atoms with Crippen molar-refractivity contribution in [3.63, 3.8) is 0 Å². The van der Waals surface area contributed by atoms with Gasteiger partial charge in [-0.1, -0.05) is 82.8 Å². The number of halogens is 2. The van der Waals surface area contributed by atoms with Crippen molar-refractivity contribution in [3.05, 3.63) is 21.9 Å². The highest BCUT2D eigenvalue weighted by molar-refractivity contribution is 7.53. The predicted molar refractivity (Wildman–Crippen MR) is 98.3 cm³/mol. The van der Waals surface area contributed by atoms with Crippen molar-refractivity contribution in [2.45, 2.75) is 78.9 Å². The molecule has 0 aromatic rings. The highest BCUT2D eigenvalue weighted by Gasteiger charge is 2.50. The third kappa shape index (κ3) is 3.96. The maximum absolute atomic E-state index is 6.78. The van der Waals surface area contributed by atoms with Crippen LogP contribution in [0.3, 0.4) is 0 Å². The average molecular weight is 331 g/mol. The molecule has 0 radical (unpaired) electrons. The van der Waals surface area contributed by atoms with Gasteiger partial charge in [-0.15, -0.1) is 22.2 Å². The fourth-order valence-corrected chi connectivity index (χ4v) is 7.75. The second kappa shape index (κ2) is 8.70. The molecule has 0 saturated carbocycles. The zero-order valence-electron chi connectivity index (χ0n) is 13.6. The van der Waals surface area contributed by atoms with E-state index in [1.807, 2.05) is 0 Å². The Morgan fingerprint density at radius 1 is 1.00 bits per heavy atom. The molecule has 0 amide bonds. The van der Waals surface area contributed by atoms with Gasteiger partial charge in [0, 0.05) is 0 Å². The molecule has 0 saturated heterocycles. The van der Waals surface area contributed by atoms with Gasteiger partial charge in [0.1, 0.15) is 0 Å². The topological polar surface area (TPSA) is 0 Å². The Hall–Kier alpha value is 0.342. The summed E-state index contributed by atoms with van der Waals surface area (Å²) in [6.07, 6.45) is 11.9. The largest absolute Gasteiger partial charge is 0.305 e. The van der Waals surface area contributed by atoms with E-state index in [-0.39, 0.29) is 0 Å². The summed E-state index contributed by atoms with van der Waals surface area (Å²) in [4.78, 5) is 0. The van der Waals surface area contributed by atoms with Gasteiger partial charge in [-0.25, -0.2) is 0 Å². The van der Waals surface area contributed by atoms with Crippen molar-refractivity contribution < 1.29 is 0 Å². The molecule has 0 spiro atoms. The summed E-state index contributed by atoms with van der Waals surface area (Å²) in [6, 6.07) is 0. The van der Waals surface area contributed by atoms with Gasteiger partial charge in [0.15, 0.2) is 6.71 Å². The highest BCUT2D eigenvalue weighted by Crippen LogP contribution is 2.51. The third-order valence-corrected chi connectivity index (χ3v) is 9.43. The Balaban J connectivity index is 3.04. The molecule has 0 atom stereocenters. The van der Waals surface area contributed by atoms with Gasteiger partial charge in [-0.3, -0.25) is 0 Å². The lowest BCUT2D eigenvalue weighted by Crippen LogP contribution is -2.44. The Kier molecular flexibility index (Phi) is 8.00. The number of rotatable bonds is 9. The molecular formula is C16H29BCl2Si. The van der Waals surface area contributed by atoms with E-state index >= 15 is 0 Å². The van der Waals surface area contributed by atoms with Crippen LogP contribution in [0.25, 0.3) is 0 Å². The Morgan fingerprint density at radius 3 is 2.10 bits per heavy atom. The number of unbranched alkanes of at least 4 members (excludes halogenated alkanes) is 3. The number of hydrogen-bond acceptors (Lipinski definition) is 0. The zero-order valence-corrected chi connectivity index (χ0v) is 16.1. The van der Waals surface area contributed by atoms with Crippen molar-refractivity contribution in [1.29, 1.82) is 0 Å². The number of hydrogen-bond donors (Lipinski definition) is 0. The van der Waals surface area contributed by atoms with E-state index in [2.05, 4.69) is 33.8 Å². The molecule has 1 heterocycles. The van der Waals surface area contributed by atoms with E-state index in [0.717, 1.165) is 12.8 Å². The van der Waals surface area contributed by atoms with Crippen molar-refractivity contribution in [3.8, 4) is 0 Å². The molecule has 0 fully saturated rings. The minimum atomic E-state index is -2.27. The van der Waals surface area contributed by atoms with E-state index in [1.165, 1.54) is 48.7 Å². The van der Waals surface area contributed by atoms with Gasteiger partial charge in [-0.05, 0) is 18.0 Å². The highest BCUT2D eigenvalue weighted by atomic mass is 35.7. The zero-order chi connectivity index (χ0) is 15.2. The van der Waals surface area contributed by atoms with Crippen LogP contribution in [-0.2, 0) is 0 Å². The van der Waals surface area contributed by atoms with E-state index in [4.69, 9.17) is 22.2 Å². The lowest BCUT2D eigenvalue weighted by molar-refractivity contribution is 0.797. The van der Waals surface area contributed by atoms with Crippen LogP contribution in [0.15, 0.2) is 21.9 Å². The Labute approximate surface area is 136 Å². The minimum absolute atomic E-state index is 0.660. The molecule has 1 aliphatic heterocycles. The molecule has 0 aromatic heterocycles. The first-order chi connectivity index (χ1) is 9.54. The monoisotopic (exact) mass is 330 g/mol. The van der Waals surface area contributed by atoms with Gasteiger partial charge >= 0.3 is 6.69 Å². The van der Waals surface area contributed by atoms with Crippen LogP contribution in [0.1, 0.15) is 66.2 Å². The molecule has 20 heavy (non-hydrogen) atoms. The summed E-state index contributed by atoms with van der Waals surface area (Å²) in [7, 11) is 0. The maximum atomic E-state index is 6.78. The first-order valence-electron chi connectivity index (χ1n) is 8.36. The minimum Gasteiger partial charge on any atom is -0.134 e. The summed E-state index contributed by atoms with van der Waals surface area (Å²) in [5.74, 6) is 0. The predicted octanol–water partition coefficient (Wildman–Crippen LogP) is 6.68. The van der Waals surface area contributed by atoms with Gasteiger partial charge in [0.25, 0.3) is 0 Å². The molecule has 0 nitrogen and oxygen atoms in total. The van der Waals surface area contributed by atoms with Gasteiger partial charge in [-0.2, -0.15) is 0 Å². The van der Waals surface area contributed by atoms with Crippen molar-refractivity contribution >= 4 is 35.6 Å². The fourth-order valence-electron chi connectivity index (χ4n) is 3.10. The molecular weight excluding hydrogens is 302 g/mol. The molecule has 1 rings (SSSR count). The summed E-state index contributed by atoms with van der Waals surface area (Å²) >= 11 is 13.6. The average Bonchev–Trinajstić information content (AvgIpc) is 2.43. The molecule has 0 N–H and O–H groups in total. The third-order valence-electron chi connectivity index (χ3n) is 4.41. The first kappa shape index (κ1) is 18.4. The van der Waals surface area contributed by atoms with Crippen molar-refractivity contribution in [2.75, 3.05) is 0 Å². The lowest BCUT2D eigenvalue weighted by Gasteiger charge is -2.41. The van der Waals surface area contributed by atoms with Crippen molar-refractivity contribution in [1.82, 2.24) is 0 Å². The normalized spacial score (nSPS) is 19.4. The van der Waals surface area contributed by atoms with Crippen LogP contribution in [0.2, 0.25) is 12.6 Å². The summed E-state index contributed by atoms with van der Waals surface area (Å²) in [5.41, 5.74) is 1.55. The SMILES string of the molecule is CCCC/C=C1/C(B(CC)CC)=C(CCCC)[Si]1(Cl)Cl. The Bertz CT molecular complexity index is 371. The van der Waals surface area contributed by atoms with Gasteiger partial charge in [0.2, 0.25) is 0 Å². The van der Waals surface area contributed by atoms with Crippen LogP contribution >= 0.6 is 22.2 Å². The molecule has 4 heteroatoms. The Morgan fingerprint density at radius 2 is 1.60 bits per heavy atom. The fraction of sp³-hybridized carbons (Fsp3) is 0.750. The van der Waals surface area contributed by atoms with Crippen LogP contribution in [0, 0.1) is 0 Å². The molecule has 0 aliphatic carbocycles. The van der Waals surface area contributed by atoms with Gasteiger partial charge in [0.05, 0.1) is 0 Å². The molecule has 0 bridgehead atoms. The van der Waals surface area contributed by atoms with Crippen molar-refractivity contribution in [2.24, 2.45) is 0 Å². The van der Waals surface area contributed by atoms with Crippen LogP contribution in [-0.4, -0.2) is 13.4 Å². The van der Waals surface area contributed by atoms with E-state index in [1.54, 1.807) is 5.47 Å². The molecule has 0 aromatic carbocycles. The van der Waals surface area contributed by atoms with Crippen LogP contribution in [0.4, 0.5) is 0 Å². The lowest BCUT2D eigenvalue weighted by atomic mass is 9.40. The van der Waals surface area contributed by atoms with E-state index in [9.17, 15) is 0 Å². The second-order valence-electron chi connectivity index (χ2n) is 5.84. The van der Waals surface area contributed by atoms with Crippen LogP contribution in [0.5, 0.6) is 0 Å². The summed E-state index contributed by atoms with van der Waals surface area (Å²) < 4.78 is 0. The van der Waals surface area contributed by atoms with Crippen LogP contribution < -0.4 is 0 Å². The van der Waals surface area contributed by atoms with E-state index in [0.29, 0.717) is 6.71 Å². The van der Waals surface area contributed by atoms with Gasteiger partial charge < -0.3 is 0 Å². The number of allylic oxidation sites excluding steroid dienone is 4. The standard InChI is InChI=1S/C16H29BCl2Si/c1-5-9-11-13-15-16(17(7-3)8-4)14(12-10-6-2)20(15,18)19/h13H,5-12H2,1-4H3/b15-13-.